The average molecular weight is 349 g/mol. The number of amides is 1. The van der Waals surface area contributed by atoms with Gasteiger partial charge < -0.3 is 19.9 Å². The van der Waals surface area contributed by atoms with E-state index in [0.717, 1.165) is 49.6 Å². The molecule has 3 aromatic rings. The predicted octanol–water partition coefficient (Wildman–Crippen LogP) is 3.58. The maximum absolute atomic E-state index is 12.5. The van der Waals surface area contributed by atoms with Crippen molar-refractivity contribution in [3.05, 3.63) is 60.3 Å². The topological polar surface area (TPSA) is 57.4 Å². The average Bonchev–Trinajstić information content (AvgIpc) is 3.11. The van der Waals surface area contributed by atoms with Crippen molar-refractivity contribution in [3.63, 3.8) is 0 Å². The summed E-state index contributed by atoms with van der Waals surface area (Å²) in [6.45, 7) is 3.15. The third-order valence-corrected chi connectivity index (χ3v) is 4.83. The van der Waals surface area contributed by atoms with Crippen LogP contribution in [0, 0.1) is 0 Å². The van der Waals surface area contributed by atoms with Crippen LogP contribution in [0.25, 0.3) is 10.9 Å². The third kappa shape index (κ3) is 3.58. The number of nitrogens with zero attached hydrogens (tertiary/aromatic N) is 1. The fraction of sp³-hybridized carbons (Fsp3) is 0.286. The maximum Gasteiger partial charge on any atom is 0.224 e. The van der Waals surface area contributed by atoms with E-state index in [-0.39, 0.29) is 5.91 Å². The van der Waals surface area contributed by atoms with E-state index in [4.69, 9.17) is 4.74 Å². The molecule has 0 radical (unpaired) electrons. The van der Waals surface area contributed by atoms with Crippen LogP contribution in [0.3, 0.4) is 0 Å². The first-order chi connectivity index (χ1) is 12.8. The molecule has 2 N–H and O–H groups in total. The lowest BCUT2D eigenvalue weighted by Gasteiger charge is -2.30. The third-order valence-electron chi connectivity index (χ3n) is 4.83. The molecule has 1 saturated heterocycles. The first kappa shape index (κ1) is 16.7. The SMILES string of the molecule is O=C(CCc1c[nH]c2ccccc12)Nc1ccccc1N1CCOCC1. The molecule has 5 heteroatoms. The second-order valence-corrected chi connectivity index (χ2v) is 6.52. The number of aryl methyl sites for hydroxylation is 1. The lowest BCUT2D eigenvalue weighted by atomic mass is 10.1. The smallest absolute Gasteiger partial charge is 0.224 e. The molecule has 0 unspecified atom stereocenters. The van der Waals surface area contributed by atoms with Gasteiger partial charge in [-0.25, -0.2) is 0 Å². The minimum absolute atomic E-state index is 0.0380. The fourth-order valence-electron chi connectivity index (χ4n) is 3.46. The quantitative estimate of drug-likeness (QED) is 0.740. The number of nitrogens with one attached hydrogen (secondary N) is 2. The molecule has 0 atom stereocenters. The normalized spacial score (nSPS) is 14.5. The number of rotatable bonds is 5. The molecule has 1 aromatic heterocycles. The van der Waals surface area contributed by atoms with Gasteiger partial charge in [-0.2, -0.15) is 0 Å². The van der Waals surface area contributed by atoms with Crippen molar-refractivity contribution in [1.29, 1.82) is 0 Å². The van der Waals surface area contributed by atoms with E-state index in [9.17, 15) is 4.79 Å². The monoisotopic (exact) mass is 349 g/mol. The van der Waals surface area contributed by atoms with Crippen molar-refractivity contribution < 1.29 is 9.53 Å². The van der Waals surface area contributed by atoms with Gasteiger partial charge in [-0.3, -0.25) is 4.79 Å². The van der Waals surface area contributed by atoms with Gasteiger partial charge in [0.2, 0.25) is 5.91 Å². The second-order valence-electron chi connectivity index (χ2n) is 6.52. The van der Waals surface area contributed by atoms with E-state index >= 15 is 0 Å². The van der Waals surface area contributed by atoms with Gasteiger partial charge in [-0.15, -0.1) is 0 Å². The number of aromatic nitrogens is 1. The number of aromatic amines is 1. The van der Waals surface area contributed by atoms with Crippen LogP contribution in [-0.4, -0.2) is 37.2 Å². The van der Waals surface area contributed by atoms with Crippen molar-refractivity contribution in [1.82, 2.24) is 4.98 Å². The van der Waals surface area contributed by atoms with E-state index in [0.29, 0.717) is 6.42 Å². The van der Waals surface area contributed by atoms with E-state index < -0.39 is 0 Å². The van der Waals surface area contributed by atoms with Crippen LogP contribution >= 0.6 is 0 Å². The van der Waals surface area contributed by atoms with Crippen LogP contribution in [0.2, 0.25) is 0 Å². The van der Waals surface area contributed by atoms with E-state index in [1.54, 1.807) is 0 Å². The number of ether oxygens (including phenoxy) is 1. The summed E-state index contributed by atoms with van der Waals surface area (Å²) in [6.07, 6.45) is 3.18. The summed E-state index contributed by atoms with van der Waals surface area (Å²) < 4.78 is 5.43. The Bertz CT molecular complexity index is 897. The Hall–Kier alpha value is -2.79. The zero-order valence-corrected chi connectivity index (χ0v) is 14.7. The summed E-state index contributed by atoms with van der Waals surface area (Å²) in [5.41, 5.74) is 4.23. The zero-order valence-electron chi connectivity index (χ0n) is 14.7. The number of anilines is 2. The number of carbonyl (C=O) groups is 1. The molecule has 2 aromatic carbocycles. The largest absolute Gasteiger partial charge is 0.378 e. The standard InChI is InChI=1S/C21H23N3O2/c25-21(10-9-16-15-22-18-6-2-1-5-17(16)18)23-19-7-3-4-8-20(19)24-11-13-26-14-12-24/h1-8,15,22H,9-14H2,(H,23,25). The van der Waals surface area contributed by atoms with Gasteiger partial charge in [0, 0.05) is 36.6 Å². The molecule has 4 rings (SSSR count). The van der Waals surface area contributed by atoms with Gasteiger partial charge in [0.1, 0.15) is 0 Å². The van der Waals surface area contributed by atoms with E-state index in [2.05, 4.69) is 33.4 Å². The summed E-state index contributed by atoms with van der Waals surface area (Å²) in [5, 5.41) is 4.28. The molecule has 134 valence electrons. The Morgan fingerprint density at radius 1 is 1.08 bits per heavy atom. The molecule has 0 spiro atoms. The predicted molar refractivity (Wildman–Crippen MR) is 105 cm³/mol. The zero-order chi connectivity index (χ0) is 17.8. The summed E-state index contributed by atoms with van der Waals surface area (Å²) in [4.78, 5) is 18.0. The van der Waals surface area contributed by atoms with Gasteiger partial charge in [0.05, 0.1) is 24.6 Å². The van der Waals surface area contributed by atoms with Gasteiger partial charge in [0.25, 0.3) is 0 Å². The molecule has 0 saturated carbocycles. The van der Waals surface area contributed by atoms with Gasteiger partial charge >= 0.3 is 0 Å². The lowest BCUT2D eigenvalue weighted by molar-refractivity contribution is -0.116. The van der Waals surface area contributed by atoms with Crippen molar-refractivity contribution in [2.75, 3.05) is 36.5 Å². The summed E-state index contributed by atoms with van der Waals surface area (Å²) in [5.74, 6) is 0.0380. The minimum atomic E-state index is 0.0380. The Labute approximate surface area is 153 Å². The van der Waals surface area contributed by atoms with Crippen LogP contribution in [0.4, 0.5) is 11.4 Å². The molecule has 1 fully saturated rings. The highest BCUT2D eigenvalue weighted by Gasteiger charge is 2.16. The van der Waals surface area contributed by atoms with Crippen LogP contribution in [0.15, 0.2) is 54.7 Å². The van der Waals surface area contributed by atoms with Crippen molar-refractivity contribution in [3.8, 4) is 0 Å². The summed E-state index contributed by atoms with van der Waals surface area (Å²) in [6, 6.07) is 16.2. The summed E-state index contributed by atoms with van der Waals surface area (Å²) >= 11 is 0. The lowest BCUT2D eigenvalue weighted by Crippen LogP contribution is -2.36. The Morgan fingerprint density at radius 3 is 2.73 bits per heavy atom. The first-order valence-corrected chi connectivity index (χ1v) is 9.08. The Kier molecular flexibility index (Phi) is 4.88. The van der Waals surface area contributed by atoms with Crippen molar-refractivity contribution in [2.24, 2.45) is 0 Å². The van der Waals surface area contributed by atoms with Gasteiger partial charge in [-0.1, -0.05) is 30.3 Å². The molecule has 1 amide bonds. The molecule has 2 heterocycles. The number of carbonyl (C=O) groups excluding carboxylic acids is 1. The van der Waals surface area contributed by atoms with E-state index in [1.807, 2.05) is 36.5 Å². The number of morpholine rings is 1. The first-order valence-electron chi connectivity index (χ1n) is 9.08. The maximum atomic E-state index is 12.5. The van der Waals surface area contributed by atoms with Crippen molar-refractivity contribution in [2.45, 2.75) is 12.8 Å². The molecule has 1 aliphatic heterocycles. The van der Waals surface area contributed by atoms with Gasteiger partial charge in [0.15, 0.2) is 0 Å². The second kappa shape index (κ2) is 7.62. The molecule has 0 aliphatic carbocycles. The highest BCUT2D eigenvalue weighted by molar-refractivity contribution is 5.95. The van der Waals surface area contributed by atoms with E-state index in [1.165, 1.54) is 10.9 Å². The van der Waals surface area contributed by atoms with Crippen LogP contribution < -0.4 is 10.2 Å². The summed E-state index contributed by atoms with van der Waals surface area (Å²) in [7, 11) is 0. The van der Waals surface area contributed by atoms with Gasteiger partial charge in [-0.05, 0) is 30.2 Å². The van der Waals surface area contributed by atoms with Crippen LogP contribution in [0.1, 0.15) is 12.0 Å². The highest BCUT2D eigenvalue weighted by Crippen LogP contribution is 2.27. The molecule has 1 aliphatic rings. The number of hydrogen-bond acceptors (Lipinski definition) is 3. The number of benzene rings is 2. The molecular weight excluding hydrogens is 326 g/mol. The van der Waals surface area contributed by atoms with Crippen molar-refractivity contribution >= 4 is 28.2 Å². The number of hydrogen-bond donors (Lipinski definition) is 2. The fourth-order valence-corrected chi connectivity index (χ4v) is 3.46. The number of H-pyrrole nitrogens is 1. The number of fused-ring (bicyclic) bond motifs is 1. The molecule has 0 bridgehead atoms. The molecule has 26 heavy (non-hydrogen) atoms. The molecular formula is C21H23N3O2. The number of para-hydroxylation sites is 3. The van der Waals surface area contributed by atoms with Crippen LogP contribution in [-0.2, 0) is 16.0 Å². The minimum Gasteiger partial charge on any atom is -0.378 e. The highest BCUT2D eigenvalue weighted by atomic mass is 16.5. The Morgan fingerprint density at radius 2 is 1.85 bits per heavy atom. The molecule has 5 nitrogen and oxygen atoms in total. The Balaban J connectivity index is 1.42. The van der Waals surface area contributed by atoms with Crippen LogP contribution in [0.5, 0.6) is 0 Å².